The number of hydrogen-bond donors (Lipinski definition) is 1. The van der Waals surface area contributed by atoms with E-state index in [9.17, 15) is 9.90 Å². The van der Waals surface area contributed by atoms with Crippen LogP contribution in [0.2, 0.25) is 0 Å². The molecule has 0 aromatic rings. The summed E-state index contributed by atoms with van der Waals surface area (Å²) in [4.78, 5) is 13.4. The van der Waals surface area contributed by atoms with E-state index in [0.717, 1.165) is 38.5 Å². The lowest BCUT2D eigenvalue weighted by Crippen LogP contribution is -2.55. The van der Waals surface area contributed by atoms with Crippen LogP contribution >= 0.6 is 0 Å². The molecule has 2 nitrogen and oxygen atoms in total. The third-order valence-electron chi connectivity index (χ3n) is 8.80. The summed E-state index contributed by atoms with van der Waals surface area (Å²) in [5.74, 6) is 1.84. The Labute approximate surface area is 152 Å². The summed E-state index contributed by atoms with van der Waals surface area (Å²) in [5, 5.41) is 10.8. The summed E-state index contributed by atoms with van der Waals surface area (Å²) in [6.07, 6.45) is 12.3. The summed E-state index contributed by atoms with van der Waals surface area (Å²) in [6, 6.07) is 0. The summed E-state index contributed by atoms with van der Waals surface area (Å²) in [7, 11) is 0. The second kappa shape index (κ2) is 5.55. The minimum absolute atomic E-state index is 0.0125. The molecule has 4 rings (SSSR count). The number of allylic oxidation sites excluding steroid dienone is 3. The van der Waals surface area contributed by atoms with Crippen LogP contribution in [0.5, 0.6) is 0 Å². The van der Waals surface area contributed by atoms with Gasteiger partial charge in [0, 0.05) is 12.3 Å². The van der Waals surface area contributed by atoms with Crippen molar-refractivity contribution in [3.63, 3.8) is 0 Å². The number of aliphatic hydroxyl groups is 1. The first-order valence-electron chi connectivity index (χ1n) is 10.4. The van der Waals surface area contributed by atoms with Crippen molar-refractivity contribution in [2.75, 3.05) is 0 Å². The summed E-state index contributed by atoms with van der Waals surface area (Å²) < 4.78 is 0. The lowest BCUT2D eigenvalue weighted by atomic mass is 9.46. The fourth-order valence-electron chi connectivity index (χ4n) is 7.17. The highest BCUT2D eigenvalue weighted by molar-refractivity contribution is 5.85. The van der Waals surface area contributed by atoms with Crippen molar-refractivity contribution >= 4 is 5.78 Å². The molecule has 0 heterocycles. The number of fused-ring (bicyclic) bond motifs is 5. The smallest absolute Gasteiger partial charge is 0.138 e. The van der Waals surface area contributed by atoms with Gasteiger partial charge in [0.2, 0.25) is 0 Å². The maximum atomic E-state index is 13.4. The minimum Gasteiger partial charge on any atom is -0.390 e. The van der Waals surface area contributed by atoms with Crippen LogP contribution in [0.4, 0.5) is 0 Å². The average Bonchev–Trinajstić information content (AvgIpc) is 2.91. The van der Waals surface area contributed by atoms with E-state index in [-0.39, 0.29) is 16.7 Å². The van der Waals surface area contributed by atoms with Crippen molar-refractivity contribution in [2.24, 2.45) is 28.6 Å². The Balaban J connectivity index is 1.73. The minimum atomic E-state index is -0.546. The molecule has 0 radical (unpaired) electrons. The van der Waals surface area contributed by atoms with E-state index >= 15 is 0 Å². The van der Waals surface area contributed by atoms with E-state index in [4.69, 9.17) is 0 Å². The quantitative estimate of drug-likeness (QED) is 0.664. The summed E-state index contributed by atoms with van der Waals surface area (Å²) in [5.41, 5.74) is 2.45. The largest absolute Gasteiger partial charge is 0.390 e. The molecule has 3 fully saturated rings. The van der Waals surface area contributed by atoms with Crippen molar-refractivity contribution in [2.45, 2.75) is 84.7 Å². The van der Waals surface area contributed by atoms with Crippen molar-refractivity contribution in [1.82, 2.24) is 0 Å². The molecule has 0 saturated heterocycles. The van der Waals surface area contributed by atoms with Gasteiger partial charge in [-0.1, -0.05) is 44.1 Å². The van der Waals surface area contributed by atoms with Crippen LogP contribution in [0.1, 0.15) is 79.1 Å². The molecule has 0 unspecified atom stereocenters. The first kappa shape index (κ1) is 17.5. The lowest BCUT2D eigenvalue weighted by Gasteiger charge is -2.57. The summed E-state index contributed by atoms with van der Waals surface area (Å²) in [6.45, 7) is 8.92. The Kier molecular flexibility index (Phi) is 3.89. The van der Waals surface area contributed by atoms with Crippen LogP contribution in [0, 0.1) is 28.6 Å². The molecule has 138 valence electrons. The van der Waals surface area contributed by atoms with Gasteiger partial charge in [-0.2, -0.15) is 0 Å². The molecule has 25 heavy (non-hydrogen) atoms. The molecule has 4 aliphatic rings. The molecule has 6 atom stereocenters. The normalized spacial score (nSPS) is 50.9. The third kappa shape index (κ3) is 2.29. The van der Waals surface area contributed by atoms with Crippen LogP contribution in [0.25, 0.3) is 0 Å². The number of carbonyl (C=O) groups excluding carboxylic acids is 1. The van der Waals surface area contributed by atoms with E-state index in [0.29, 0.717) is 17.6 Å². The molecule has 3 saturated carbocycles. The van der Waals surface area contributed by atoms with Crippen LogP contribution in [0.3, 0.4) is 0 Å². The molecule has 0 amide bonds. The molecule has 0 spiro atoms. The Morgan fingerprint density at radius 3 is 2.68 bits per heavy atom. The Morgan fingerprint density at radius 2 is 2.00 bits per heavy atom. The van der Waals surface area contributed by atoms with Gasteiger partial charge in [-0.05, 0) is 74.5 Å². The highest BCUT2D eigenvalue weighted by atomic mass is 16.3. The number of rotatable bonds is 1. The van der Waals surface area contributed by atoms with Gasteiger partial charge in [0.05, 0.1) is 5.60 Å². The van der Waals surface area contributed by atoms with Crippen LogP contribution < -0.4 is 0 Å². The fraction of sp³-hybridized carbons (Fsp3) is 0.783. The predicted octanol–water partition coefficient (Wildman–Crippen LogP) is 5.22. The number of ketones is 1. The van der Waals surface area contributed by atoms with E-state index in [2.05, 4.69) is 39.8 Å². The number of Topliss-reactive ketones (excluding diaryl/α,β-unsaturated/α-hetero) is 1. The van der Waals surface area contributed by atoms with Gasteiger partial charge in [0.15, 0.2) is 0 Å². The average molecular weight is 343 g/mol. The van der Waals surface area contributed by atoms with Crippen molar-refractivity contribution in [3.8, 4) is 0 Å². The van der Waals surface area contributed by atoms with Crippen LogP contribution in [-0.4, -0.2) is 16.5 Å². The Morgan fingerprint density at radius 1 is 1.24 bits per heavy atom. The van der Waals surface area contributed by atoms with Crippen molar-refractivity contribution in [3.05, 3.63) is 23.3 Å². The molecular formula is C23H34O2. The zero-order valence-electron chi connectivity index (χ0n) is 16.4. The Bertz CT molecular complexity index is 659. The fourth-order valence-corrected chi connectivity index (χ4v) is 7.17. The van der Waals surface area contributed by atoms with E-state index in [1.165, 1.54) is 24.0 Å². The SMILES string of the molecule is C/C=C1/CC[C@H]2[C@@H]3CC=C4C[C@](O)(CC)CC[C@]4(C)[C@H]3C(=O)C[C@]12C. The molecule has 4 aliphatic carbocycles. The highest BCUT2D eigenvalue weighted by Crippen LogP contribution is 2.65. The molecule has 2 heteroatoms. The number of hydrogen-bond acceptors (Lipinski definition) is 2. The maximum absolute atomic E-state index is 13.4. The van der Waals surface area contributed by atoms with E-state index < -0.39 is 5.60 Å². The zero-order valence-corrected chi connectivity index (χ0v) is 16.4. The second-order valence-corrected chi connectivity index (χ2v) is 9.80. The van der Waals surface area contributed by atoms with Gasteiger partial charge in [-0.3, -0.25) is 4.79 Å². The first-order chi connectivity index (χ1) is 11.8. The standard InChI is InChI=1S/C23H34O2/c1-5-15-8-10-18-17-9-7-16-13-23(25,6-2)12-11-21(16,3)20(17)19(24)14-22(15,18)4/h5,7,17-18,20,25H,6,8-14H2,1-4H3/b15-5-/t17-,18-,20+,21-,22+,23-/m0/s1. The van der Waals surface area contributed by atoms with Gasteiger partial charge in [-0.25, -0.2) is 0 Å². The van der Waals surface area contributed by atoms with Gasteiger partial charge in [-0.15, -0.1) is 0 Å². The van der Waals surface area contributed by atoms with Crippen molar-refractivity contribution in [1.29, 1.82) is 0 Å². The molecular weight excluding hydrogens is 308 g/mol. The molecule has 0 aromatic carbocycles. The monoisotopic (exact) mass is 342 g/mol. The Hall–Kier alpha value is -0.890. The van der Waals surface area contributed by atoms with Gasteiger partial charge in [0.1, 0.15) is 5.78 Å². The van der Waals surface area contributed by atoms with Crippen molar-refractivity contribution < 1.29 is 9.90 Å². The van der Waals surface area contributed by atoms with Gasteiger partial charge < -0.3 is 5.11 Å². The summed E-state index contributed by atoms with van der Waals surface area (Å²) >= 11 is 0. The first-order valence-corrected chi connectivity index (χ1v) is 10.4. The van der Waals surface area contributed by atoms with Crippen LogP contribution in [0.15, 0.2) is 23.3 Å². The van der Waals surface area contributed by atoms with E-state index in [1.54, 1.807) is 0 Å². The molecule has 0 aromatic heterocycles. The van der Waals surface area contributed by atoms with E-state index in [1.807, 2.05) is 0 Å². The molecule has 0 bridgehead atoms. The van der Waals surface area contributed by atoms with Gasteiger partial charge >= 0.3 is 0 Å². The topological polar surface area (TPSA) is 37.3 Å². The molecule has 0 aliphatic heterocycles. The second-order valence-electron chi connectivity index (χ2n) is 9.80. The van der Waals surface area contributed by atoms with Gasteiger partial charge in [0.25, 0.3) is 0 Å². The maximum Gasteiger partial charge on any atom is 0.138 e. The molecule has 1 N–H and O–H groups in total. The third-order valence-corrected chi connectivity index (χ3v) is 8.80. The highest BCUT2D eigenvalue weighted by Gasteiger charge is 2.61. The number of carbonyl (C=O) groups is 1. The van der Waals surface area contributed by atoms with Crippen LogP contribution in [-0.2, 0) is 4.79 Å². The zero-order chi connectivity index (χ0) is 18.0. The lowest BCUT2D eigenvalue weighted by molar-refractivity contribution is -0.142. The predicted molar refractivity (Wildman–Crippen MR) is 101 cm³/mol.